The zero-order valence-electron chi connectivity index (χ0n) is 11.0. The molecule has 0 amide bonds. The van der Waals surface area contributed by atoms with Gasteiger partial charge in [0.2, 0.25) is 0 Å². The Labute approximate surface area is 121 Å². The van der Waals surface area contributed by atoms with E-state index in [0.29, 0.717) is 13.0 Å². The van der Waals surface area contributed by atoms with Crippen LogP contribution in [-0.2, 0) is 6.54 Å². The molecule has 0 spiro atoms. The van der Waals surface area contributed by atoms with Crippen LogP contribution >= 0.6 is 15.9 Å². The van der Waals surface area contributed by atoms with E-state index in [-0.39, 0.29) is 0 Å². The summed E-state index contributed by atoms with van der Waals surface area (Å²) >= 11 is 3.45. The first-order valence-corrected chi connectivity index (χ1v) is 6.96. The Bertz CT molecular complexity index is 554. The minimum atomic E-state index is -0.446. The van der Waals surface area contributed by atoms with Crippen molar-refractivity contribution in [2.45, 2.75) is 26.0 Å². The number of hydrogen-bond donors (Lipinski definition) is 1. The maximum atomic E-state index is 9.77. The molecule has 0 fully saturated rings. The smallest absolute Gasteiger partial charge is 0.124 e. The molecule has 19 heavy (non-hydrogen) atoms. The molecule has 4 nitrogen and oxygen atoms in total. The predicted octanol–water partition coefficient (Wildman–Crippen LogP) is 3.15. The summed E-state index contributed by atoms with van der Waals surface area (Å²) in [7, 11) is 1.65. The van der Waals surface area contributed by atoms with E-state index >= 15 is 0 Å². The van der Waals surface area contributed by atoms with Crippen molar-refractivity contribution in [3.05, 3.63) is 46.2 Å². The first-order chi connectivity index (χ1) is 9.13. The molecule has 1 unspecified atom stereocenters. The minimum Gasteiger partial charge on any atom is -0.496 e. The molecule has 2 rings (SSSR count). The van der Waals surface area contributed by atoms with Gasteiger partial charge in [-0.15, -0.1) is 0 Å². The van der Waals surface area contributed by atoms with Gasteiger partial charge in [-0.2, -0.15) is 5.10 Å². The third-order valence-electron chi connectivity index (χ3n) is 3.00. The van der Waals surface area contributed by atoms with Crippen LogP contribution in [0.4, 0.5) is 0 Å². The van der Waals surface area contributed by atoms with E-state index in [9.17, 15) is 5.11 Å². The fourth-order valence-electron chi connectivity index (χ4n) is 1.92. The molecular weight excluding hydrogens is 308 g/mol. The Morgan fingerprint density at radius 2 is 2.26 bits per heavy atom. The van der Waals surface area contributed by atoms with Gasteiger partial charge in [-0.05, 0) is 24.6 Å². The fourth-order valence-corrected chi connectivity index (χ4v) is 2.33. The summed E-state index contributed by atoms with van der Waals surface area (Å²) in [5, 5.41) is 14.0. The summed E-state index contributed by atoms with van der Waals surface area (Å²) in [5.74, 6) is 0.830. The van der Waals surface area contributed by atoms with Gasteiger partial charge in [0.15, 0.2) is 0 Å². The quantitative estimate of drug-likeness (QED) is 0.919. The van der Waals surface area contributed by atoms with Crippen molar-refractivity contribution in [1.82, 2.24) is 9.78 Å². The molecule has 0 bridgehead atoms. The van der Waals surface area contributed by atoms with Crippen molar-refractivity contribution in [2.24, 2.45) is 0 Å². The standard InChI is InChI=1S/C14H17BrN2O2/c1-3-13(18)11-7-16-17(9-11)8-10-6-12(15)4-5-14(10)19-2/h4-7,9,13,18H,3,8H2,1-2H3. The molecule has 5 heteroatoms. The van der Waals surface area contributed by atoms with Gasteiger partial charge < -0.3 is 9.84 Å². The lowest BCUT2D eigenvalue weighted by molar-refractivity contribution is 0.173. The SMILES string of the molecule is CCC(O)c1cnn(Cc2cc(Br)ccc2OC)c1. The summed E-state index contributed by atoms with van der Waals surface area (Å²) in [6.07, 6.45) is 3.82. The number of rotatable bonds is 5. The number of halogens is 1. The summed E-state index contributed by atoms with van der Waals surface area (Å²) in [6.45, 7) is 2.55. The second-order valence-electron chi connectivity index (χ2n) is 4.35. The summed E-state index contributed by atoms with van der Waals surface area (Å²) in [6, 6.07) is 5.87. The number of aliphatic hydroxyl groups excluding tert-OH is 1. The van der Waals surface area contributed by atoms with Crippen LogP contribution in [0.1, 0.15) is 30.6 Å². The Hall–Kier alpha value is -1.33. The largest absolute Gasteiger partial charge is 0.496 e. The molecule has 1 atom stereocenters. The highest BCUT2D eigenvalue weighted by Crippen LogP contribution is 2.24. The molecule has 0 aliphatic rings. The number of aliphatic hydroxyl groups is 1. The van der Waals surface area contributed by atoms with Crippen LogP contribution in [0.25, 0.3) is 0 Å². The summed E-state index contributed by atoms with van der Waals surface area (Å²) in [4.78, 5) is 0. The van der Waals surface area contributed by atoms with Gasteiger partial charge in [0.25, 0.3) is 0 Å². The van der Waals surface area contributed by atoms with Crippen LogP contribution in [0.3, 0.4) is 0 Å². The van der Waals surface area contributed by atoms with Crippen molar-refractivity contribution < 1.29 is 9.84 Å². The monoisotopic (exact) mass is 324 g/mol. The molecule has 0 saturated carbocycles. The van der Waals surface area contributed by atoms with Gasteiger partial charge in [0.1, 0.15) is 5.75 Å². The molecule has 1 aromatic heterocycles. The number of nitrogens with zero attached hydrogens (tertiary/aromatic N) is 2. The predicted molar refractivity (Wildman–Crippen MR) is 77.3 cm³/mol. The lowest BCUT2D eigenvalue weighted by atomic mass is 10.1. The van der Waals surface area contributed by atoms with Crippen LogP contribution in [0.5, 0.6) is 5.75 Å². The van der Waals surface area contributed by atoms with Crippen molar-refractivity contribution in [2.75, 3.05) is 7.11 Å². The van der Waals surface area contributed by atoms with Gasteiger partial charge in [-0.1, -0.05) is 22.9 Å². The van der Waals surface area contributed by atoms with Crippen molar-refractivity contribution in [3.63, 3.8) is 0 Å². The third-order valence-corrected chi connectivity index (χ3v) is 3.49. The third kappa shape index (κ3) is 3.36. The normalized spacial score (nSPS) is 12.4. The number of ether oxygens (including phenoxy) is 1. The Morgan fingerprint density at radius 3 is 2.95 bits per heavy atom. The second-order valence-corrected chi connectivity index (χ2v) is 5.27. The summed E-state index contributed by atoms with van der Waals surface area (Å²) < 4.78 is 8.14. The Kier molecular flexibility index (Phi) is 4.61. The first-order valence-electron chi connectivity index (χ1n) is 6.17. The lowest BCUT2D eigenvalue weighted by Crippen LogP contribution is -2.02. The molecular formula is C14H17BrN2O2. The number of benzene rings is 1. The van der Waals surface area contributed by atoms with Crippen LogP contribution in [0.15, 0.2) is 35.1 Å². The van der Waals surface area contributed by atoms with Gasteiger partial charge in [0, 0.05) is 21.8 Å². The van der Waals surface area contributed by atoms with Gasteiger partial charge in [-0.3, -0.25) is 4.68 Å². The van der Waals surface area contributed by atoms with E-state index in [1.807, 2.05) is 31.3 Å². The number of aromatic nitrogens is 2. The highest BCUT2D eigenvalue weighted by molar-refractivity contribution is 9.10. The van der Waals surface area contributed by atoms with Gasteiger partial charge in [-0.25, -0.2) is 0 Å². The van der Waals surface area contributed by atoms with Crippen LogP contribution in [0.2, 0.25) is 0 Å². The van der Waals surface area contributed by atoms with Gasteiger partial charge in [0.05, 0.1) is 26.0 Å². The molecule has 2 aromatic rings. The van der Waals surface area contributed by atoms with Crippen LogP contribution < -0.4 is 4.74 Å². The van der Waals surface area contributed by atoms with Crippen LogP contribution in [-0.4, -0.2) is 22.0 Å². The van der Waals surface area contributed by atoms with E-state index in [0.717, 1.165) is 21.3 Å². The van der Waals surface area contributed by atoms with Crippen LogP contribution in [0, 0.1) is 0 Å². The molecule has 1 heterocycles. The zero-order valence-corrected chi connectivity index (χ0v) is 12.6. The van der Waals surface area contributed by atoms with Crippen molar-refractivity contribution in [3.8, 4) is 5.75 Å². The molecule has 0 radical (unpaired) electrons. The first kappa shape index (κ1) is 14.1. The fraction of sp³-hybridized carbons (Fsp3) is 0.357. The van der Waals surface area contributed by atoms with Crippen molar-refractivity contribution >= 4 is 15.9 Å². The van der Waals surface area contributed by atoms with E-state index in [4.69, 9.17) is 4.74 Å². The van der Waals surface area contributed by atoms with E-state index < -0.39 is 6.10 Å². The molecule has 0 saturated heterocycles. The Balaban J connectivity index is 2.21. The number of methoxy groups -OCH3 is 1. The average Bonchev–Trinajstić information content (AvgIpc) is 2.86. The average molecular weight is 325 g/mol. The Morgan fingerprint density at radius 1 is 1.47 bits per heavy atom. The molecule has 0 aliphatic heterocycles. The highest BCUT2D eigenvalue weighted by atomic mass is 79.9. The topological polar surface area (TPSA) is 47.3 Å². The second kappa shape index (κ2) is 6.21. The van der Waals surface area contributed by atoms with Gasteiger partial charge >= 0.3 is 0 Å². The van der Waals surface area contributed by atoms with E-state index in [1.54, 1.807) is 18.0 Å². The summed E-state index contributed by atoms with van der Waals surface area (Å²) in [5.41, 5.74) is 1.88. The molecule has 1 N–H and O–H groups in total. The number of hydrogen-bond acceptors (Lipinski definition) is 3. The zero-order chi connectivity index (χ0) is 13.8. The molecule has 0 aliphatic carbocycles. The maximum Gasteiger partial charge on any atom is 0.124 e. The highest BCUT2D eigenvalue weighted by Gasteiger charge is 2.09. The maximum absolute atomic E-state index is 9.77. The molecule has 102 valence electrons. The minimum absolute atomic E-state index is 0.446. The molecule has 1 aromatic carbocycles. The van der Waals surface area contributed by atoms with Crippen molar-refractivity contribution in [1.29, 1.82) is 0 Å². The lowest BCUT2D eigenvalue weighted by Gasteiger charge is -2.09. The van der Waals surface area contributed by atoms with E-state index in [2.05, 4.69) is 21.0 Å². The van der Waals surface area contributed by atoms with E-state index in [1.165, 1.54) is 0 Å².